The summed E-state index contributed by atoms with van der Waals surface area (Å²) in [5, 5.41) is 12.1. The Labute approximate surface area is 159 Å². The summed E-state index contributed by atoms with van der Waals surface area (Å²) in [7, 11) is -3.80. The topological polar surface area (TPSA) is 94.3 Å². The summed E-state index contributed by atoms with van der Waals surface area (Å²) in [6.45, 7) is 0. The Hall–Kier alpha value is -1.92. The van der Waals surface area contributed by atoms with Crippen molar-refractivity contribution in [1.29, 1.82) is 5.26 Å². The van der Waals surface area contributed by atoms with Gasteiger partial charge in [-0.3, -0.25) is 10.0 Å². The highest BCUT2D eigenvalue weighted by Crippen LogP contribution is 2.25. The lowest BCUT2D eigenvalue weighted by Crippen LogP contribution is -2.13. The van der Waals surface area contributed by atoms with E-state index in [4.69, 9.17) is 28.5 Å². The number of sulfonamides is 1. The number of thioether (sulfide) groups is 1. The Morgan fingerprint density at radius 1 is 1.16 bits per heavy atom. The Bertz CT molecular complexity index is 919. The summed E-state index contributed by atoms with van der Waals surface area (Å²) in [4.78, 5) is 4.25. The minimum absolute atomic E-state index is 0.0569. The molecule has 0 radical (unpaired) electrons. The number of nitrogens with one attached hydrogen (secondary N) is 2. The highest BCUT2D eigenvalue weighted by molar-refractivity contribution is 8.13. The van der Waals surface area contributed by atoms with Crippen molar-refractivity contribution in [3.05, 3.63) is 52.5 Å². The zero-order chi connectivity index (χ0) is 18.4. The van der Waals surface area contributed by atoms with E-state index < -0.39 is 10.0 Å². The maximum absolute atomic E-state index is 12.4. The molecular formula is C15H12Cl2N4O2S2. The van der Waals surface area contributed by atoms with Crippen LogP contribution >= 0.6 is 35.0 Å². The van der Waals surface area contributed by atoms with Crippen molar-refractivity contribution < 1.29 is 8.42 Å². The van der Waals surface area contributed by atoms with Gasteiger partial charge in [0.25, 0.3) is 10.0 Å². The fourth-order valence-electron chi connectivity index (χ4n) is 1.82. The molecule has 0 aliphatic carbocycles. The molecule has 0 fully saturated rings. The van der Waals surface area contributed by atoms with Crippen molar-refractivity contribution in [1.82, 2.24) is 5.32 Å². The first-order valence-corrected chi connectivity index (χ1v) is 10.2. The summed E-state index contributed by atoms with van der Waals surface area (Å²) in [6, 6.07) is 10.3. The number of aliphatic imine (C=N–C) groups is 1. The monoisotopic (exact) mass is 414 g/mol. The number of benzene rings is 2. The van der Waals surface area contributed by atoms with Crippen molar-refractivity contribution >= 4 is 61.5 Å². The van der Waals surface area contributed by atoms with Gasteiger partial charge in [0.15, 0.2) is 11.4 Å². The molecule has 0 unspecified atom stereocenters. The van der Waals surface area contributed by atoms with Crippen molar-refractivity contribution in [2.24, 2.45) is 4.99 Å². The van der Waals surface area contributed by atoms with Gasteiger partial charge in [0.05, 0.1) is 16.3 Å². The smallest absolute Gasteiger partial charge is 0.261 e. The fraction of sp³-hybridized carbons (Fsp3) is 0.0667. The third kappa shape index (κ3) is 5.54. The number of nitrogens with zero attached hydrogens (tertiary/aromatic N) is 2. The van der Waals surface area contributed by atoms with Crippen LogP contribution in [0.2, 0.25) is 10.0 Å². The van der Waals surface area contributed by atoms with E-state index in [1.165, 1.54) is 54.2 Å². The molecule has 0 saturated heterocycles. The molecule has 0 aliphatic heterocycles. The van der Waals surface area contributed by atoms with Crippen LogP contribution < -0.4 is 10.0 Å². The lowest BCUT2D eigenvalue weighted by molar-refractivity contribution is 0.601. The summed E-state index contributed by atoms with van der Waals surface area (Å²) in [5.74, 6) is 0. The number of hydrogen-bond acceptors (Lipinski definition) is 5. The second kappa shape index (κ2) is 8.45. The van der Waals surface area contributed by atoms with Crippen LogP contribution in [-0.4, -0.2) is 19.8 Å². The van der Waals surface area contributed by atoms with Gasteiger partial charge < -0.3 is 0 Å². The van der Waals surface area contributed by atoms with E-state index in [2.05, 4.69) is 15.0 Å². The molecule has 10 heteroatoms. The summed E-state index contributed by atoms with van der Waals surface area (Å²) >= 11 is 13.0. The average Bonchev–Trinajstić information content (AvgIpc) is 2.53. The summed E-state index contributed by atoms with van der Waals surface area (Å²) in [5.41, 5.74) is 0.777. The second-order valence-corrected chi connectivity index (χ2v) is 7.97. The zero-order valence-corrected chi connectivity index (χ0v) is 16.0. The largest absolute Gasteiger partial charge is 0.280 e. The minimum atomic E-state index is -3.80. The van der Waals surface area contributed by atoms with Gasteiger partial charge >= 0.3 is 0 Å². The molecular weight excluding hydrogens is 403 g/mol. The molecule has 2 rings (SSSR count). The van der Waals surface area contributed by atoms with Crippen LogP contribution in [0.15, 0.2) is 52.4 Å². The van der Waals surface area contributed by atoms with Gasteiger partial charge in [-0.2, -0.15) is 5.26 Å². The van der Waals surface area contributed by atoms with Gasteiger partial charge in [0, 0.05) is 10.0 Å². The van der Waals surface area contributed by atoms with E-state index >= 15 is 0 Å². The van der Waals surface area contributed by atoms with Crippen LogP contribution in [-0.2, 0) is 10.0 Å². The lowest BCUT2D eigenvalue weighted by atomic mass is 10.3. The van der Waals surface area contributed by atoms with Gasteiger partial charge in [-0.25, -0.2) is 13.4 Å². The minimum Gasteiger partial charge on any atom is -0.280 e. The molecule has 25 heavy (non-hydrogen) atoms. The third-order valence-electron chi connectivity index (χ3n) is 2.85. The Balaban J connectivity index is 2.24. The van der Waals surface area contributed by atoms with E-state index in [0.717, 1.165) is 0 Å². The predicted molar refractivity (Wildman–Crippen MR) is 103 cm³/mol. The first-order valence-electron chi connectivity index (χ1n) is 6.71. The van der Waals surface area contributed by atoms with E-state index in [0.29, 0.717) is 20.9 Å². The molecule has 0 aromatic heterocycles. The molecule has 130 valence electrons. The first-order chi connectivity index (χ1) is 11.8. The van der Waals surface area contributed by atoms with Gasteiger partial charge in [-0.05, 0) is 48.7 Å². The van der Waals surface area contributed by atoms with Crippen molar-refractivity contribution in [2.45, 2.75) is 4.90 Å². The fourth-order valence-corrected chi connectivity index (χ4v) is 3.73. The van der Waals surface area contributed by atoms with Crippen molar-refractivity contribution in [3.63, 3.8) is 0 Å². The molecule has 2 aromatic rings. The maximum Gasteiger partial charge on any atom is 0.261 e. The molecule has 2 N–H and O–H groups in total. The highest BCUT2D eigenvalue weighted by atomic mass is 35.5. The number of hydrogen-bond donors (Lipinski definition) is 2. The van der Waals surface area contributed by atoms with Gasteiger partial charge in [-0.15, -0.1) is 0 Å². The van der Waals surface area contributed by atoms with Crippen molar-refractivity contribution in [3.8, 4) is 6.19 Å². The Morgan fingerprint density at radius 3 is 2.28 bits per heavy atom. The summed E-state index contributed by atoms with van der Waals surface area (Å²) in [6.07, 6.45) is 3.55. The van der Waals surface area contributed by atoms with Crippen LogP contribution in [0.1, 0.15) is 0 Å². The van der Waals surface area contributed by atoms with E-state index in [1.807, 2.05) is 0 Å². The highest BCUT2D eigenvalue weighted by Gasteiger charge is 2.14. The molecule has 0 aliphatic rings. The standard InChI is InChI=1S/C15H12Cl2N4O2S2/c1-24-15(19-9-18)20-12-2-4-14(5-3-12)25(22,23)21-13-7-10(16)6-11(17)8-13/h2-8,21H,1H3,(H,19,20). The van der Waals surface area contributed by atoms with Gasteiger partial charge in [0.1, 0.15) is 0 Å². The Morgan fingerprint density at radius 2 is 1.76 bits per heavy atom. The first kappa shape index (κ1) is 19.4. The van der Waals surface area contributed by atoms with Crippen LogP contribution in [0.3, 0.4) is 0 Å². The quantitative estimate of drug-likeness (QED) is 0.338. The zero-order valence-electron chi connectivity index (χ0n) is 12.8. The molecule has 0 bridgehead atoms. The normalized spacial score (nSPS) is 11.7. The molecule has 6 nitrogen and oxygen atoms in total. The predicted octanol–water partition coefficient (Wildman–Crippen LogP) is 4.22. The van der Waals surface area contributed by atoms with Gasteiger partial charge in [-0.1, -0.05) is 35.0 Å². The van der Waals surface area contributed by atoms with Crippen LogP contribution in [0, 0.1) is 11.5 Å². The van der Waals surface area contributed by atoms with E-state index in [9.17, 15) is 8.42 Å². The average molecular weight is 415 g/mol. The molecule has 0 saturated carbocycles. The molecule has 0 atom stereocenters. The molecule has 2 aromatic carbocycles. The number of anilines is 1. The number of nitriles is 1. The number of amidine groups is 1. The number of halogens is 2. The number of rotatable bonds is 4. The Kier molecular flexibility index (Phi) is 6.56. The summed E-state index contributed by atoms with van der Waals surface area (Å²) < 4.78 is 27.3. The van der Waals surface area contributed by atoms with E-state index in [1.54, 1.807) is 12.4 Å². The van der Waals surface area contributed by atoms with Crippen LogP contribution in [0.25, 0.3) is 0 Å². The molecule has 0 spiro atoms. The van der Waals surface area contributed by atoms with Crippen LogP contribution in [0.4, 0.5) is 11.4 Å². The third-order valence-corrected chi connectivity index (χ3v) is 5.26. The van der Waals surface area contributed by atoms with E-state index in [-0.39, 0.29) is 10.6 Å². The van der Waals surface area contributed by atoms with Crippen LogP contribution in [0.5, 0.6) is 0 Å². The second-order valence-electron chi connectivity index (χ2n) is 4.62. The van der Waals surface area contributed by atoms with Crippen molar-refractivity contribution in [2.75, 3.05) is 11.0 Å². The SMILES string of the molecule is CSC(=Nc1ccc(S(=O)(=O)Nc2cc(Cl)cc(Cl)c2)cc1)NC#N. The lowest BCUT2D eigenvalue weighted by Gasteiger charge is -2.09. The molecule has 0 heterocycles. The molecule has 0 amide bonds. The van der Waals surface area contributed by atoms with Gasteiger partial charge in [0.2, 0.25) is 0 Å². The maximum atomic E-state index is 12.4.